The quantitative estimate of drug-likeness (QED) is 0.319. The molecule has 0 spiro atoms. The third-order valence-corrected chi connectivity index (χ3v) is 5.12. The van der Waals surface area contributed by atoms with Gasteiger partial charge in [-0.25, -0.2) is 9.59 Å². The van der Waals surface area contributed by atoms with Crippen molar-refractivity contribution in [2.75, 3.05) is 6.61 Å². The summed E-state index contributed by atoms with van der Waals surface area (Å²) in [6.07, 6.45) is -6.58. The second kappa shape index (κ2) is 10.9. The fourth-order valence-corrected chi connectivity index (χ4v) is 3.28. The number of carbonyl (C=O) groups excluding carboxylic acids is 2. The van der Waals surface area contributed by atoms with Crippen LogP contribution in [0.15, 0.2) is 54.6 Å². The Balaban J connectivity index is 1.72. The van der Waals surface area contributed by atoms with Crippen LogP contribution in [0.2, 0.25) is 5.02 Å². The molecule has 3 aromatic carbocycles. The van der Waals surface area contributed by atoms with Gasteiger partial charge in [0.2, 0.25) is 0 Å². The van der Waals surface area contributed by atoms with E-state index in [1.807, 2.05) is 0 Å². The van der Waals surface area contributed by atoms with Crippen molar-refractivity contribution in [3.8, 4) is 17.2 Å². The molecule has 0 aliphatic rings. The van der Waals surface area contributed by atoms with Gasteiger partial charge >= 0.3 is 18.1 Å². The number of alkyl halides is 3. The predicted molar refractivity (Wildman–Crippen MR) is 123 cm³/mol. The van der Waals surface area contributed by atoms with Crippen molar-refractivity contribution in [3.63, 3.8) is 0 Å². The number of rotatable bonds is 8. The van der Waals surface area contributed by atoms with Gasteiger partial charge in [-0.2, -0.15) is 13.2 Å². The largest absolute Gasteiger partial charge is 0.479 e. The van der Waals surface area contributed by atoms with Gasteiger partial charge in [0, 0.05) is 0 Å². The van der Waals surface area contributed by atoms with Crippen LogP contribution in [0.3, 0.4) is 0 Å². The summed E-state index contributed by atoms with van der Waals surface area (Å²) in [6.45, 7) is 4.70. The van der Waals surface area contributed by atoms with Crippen LogP contribution in [0, 0.1) is 0 Å². The van der Waals surface area contributed by atoms with E-state index in [9.17, 15) is 22.8 Å². The second-order valence-corrected chi connectivity index (χ2v) is 7.91. The molecule has 0 fully saturated rings. The summed E-state index contributed by atoms with van der Waals surface area (Å²) in [7, 11) is 0. The van der Waals surface area contributed by atoms with Crippen molar-refractivity contribution < 1.29 is 41.7 Å². The van der Waals surface area contributed by atoms with E-state index >= 15 is 0 Å². The first kappa shape index (κ1) is 26.2. The van der Waals surface area contributed by atoms with Crippen molar-refractivity contribution in [2.45, 2.75) is 39.2 Å². The molecule has 0 saturated heterocycles. The van der Waals surface area contributed by atoms with E-state index in [1.54, 1.807) is 43.3 Å². The molecule has 186 valence electrons. The molecule has 6 nitrogen and oxygen atoms in total. The molecule has 0 saturated carbocycles. The zero-order valence-corrected chi connectivity index (χ0v) is 19.8. The van der Waals surface area contributed by atoms with Crippen molar-refractivity contribution in [1.82, 2.24) is 0 Å². The molecule has 0 heterocycles. The zero-order chi connectivity index (χ0) is 25.8. The Morgan fingerprint density at radius 3 is 2.17 bits per heavy atom. The average molecular weight is 511 g/mol. The summed E-state index contributed by atoms with van der Waals surface area (Å²) in [5.41, 5.74) is -0.876. The molecule has 1 unspecified atom stereocenters. The summed E-state index contributed by atoms with van der Waals surface area (Å²) < 4.78 is 59.7. The maximum atomic E-state index is 12.8. The first-order valence-electron chi connectivity index (χ1n) is 10.6. The maximum Gasteiger partial charge on any atom is 0.416 e. The van der Waals surface area contributed by atoms with Gasteiger partial charge in [-0.1, -0.05) is 23.7 Å². The normalized spacial score (nSPS) is 13.1. The lowest BCUT2D eigenvalue weighted by molar-refractivity contribution is -0.170. The first-order valence-corrected chi connectivity index (χ1v) is 11.0. The summed E-state index contributed by atoms with van der Waals surface area (Å²) >= 11 is 5.97. The summed E-state index contributed by atoms with van der Waals surface area (Å²) in [5.74, 6) is -0.625. The van der Waals surface area contributed by atoms with Gasteiger partial charge in [0.1, 0.15) is 17.2 Å². The molecule has 0 bridgehead atoms. The smallest absolute Gasteiger partial charge is 0.416 e. The van der Waals surface area contributed by atoms with Gasteiger partial charge in [0.25, 0.3) is 0 Å². The topological polar surface area (TPSA) is 71.1 Å². The van der Waals surface area contributed by atoms with Crippen LogP contribution in [0.25, 0.3) is 10.8 Å². The molecule has 10 heteroatoms. The lowest BCUT2D eigenvalue weighted by Crippen LogP contribution is -2.33. The van der Waals surface area contributed by atoms with Crippen molar-refractivity contribution in [3.05, 3.63) is 65.2 Å². The highest BCUT2D eigenvalue weighted by Crippen LogP contribution is 2.37. The predicted octanol–water partition coefficient (Wildman–Crippen LogP) is 6.57. The summed E-state index contributed by atoms with van der Waals surface area (Å²) in [5, 5.41) is 1.33. The molecule has 3 rings (SSSR count). The number of ether oxygens (including phenoxy) is 4. The Labute approximate surface area is 204 Å². The molecule has 0 aromatic heterocycles. The van der Waals surface area contributed by atoms with Gasteiger partial charge < -0.3 is 18.9 Å². The number of hydrogen-bond acceptors (Lipinski definition) is 6. The molecule has 0 amide bonds. The van der Waals surface area contributed by atoms with Crippen molar-refractivity contribution in [2.24, 2.45) is 0 Å². The van der Waals surface area contributed by atoms with Crippen molar-refractivity contribution >= 4 is 34.3 Å². The Hall–Kier alpha value is -3.46. The molecule has 3 aromatic rings. The fraction of sp³-hybridized carbons (Fsp3) is 0.280. The molecule has 0 N–H and O–H groups in total. The Morgan fingerprint density at radius 2 is 1.54 bits per heavy atom. The number of carbonyl (C=O) groups is 2. The SMILES string of the molecule is CCOC(=O)[C@@H](C)OC(=O)C(C)Oc1ccc2ccc(Oc3ccc(C(F)(F)F)cc3Cl)cc2c1. The van der Waals surface area contributed by atoms with E-state index in [0.717, 1.165) is 23.6 Å². The van der Waals surface area contributed by atoms with E-state index < -0.39 is 35.9 Å². The van der Waals surface area contributed by atoms with Gasteiger partial charge in [-0.05, 0) is 74.0 Å². The minimum atomic E-state index is -4.51. The van der Waals surface area contributed by atoms with Crippen LogP contribution in [0.4, 0.5) is 13.2 Å². The second-order valence-electron chi connectivity index (χ2n) is 7.51. The lowest BCUT2D eigenvalue weighted by atomic mass is 10.1. The summed E-state index contributed by atoms with van der Waals surface area (Å²) in [4.78, 5) is 23.9. The minimum absolute atomic E-state index is 0.0681. The molecular weight excluding hydrogens is 489 g/mol. The number of halogens is 4. The molecule has 35 heavy (non-hydrogen) atoms. The van der Waals surface area contributed by atoms with Crippen LogP contribution >= 0.6 is 11.6 Å². The highest BCUT2D eigenvalue weighted by atomic mass is 35.5. The monoisotopic (exact) mass is 510 g/mol. The summed E-state index contributed by atoms with van der Waals surface area (Å²) in [6, 6.07) is 13.0. The lowest BCUT2D eigenvalue weighted by Gasteiger charge is -2.17. The Kier molecular flexibility index (Phi) is 8.11. The van der Waals surface area contributed by atoms with Gasteiger partial charge in [-0.3, -0.25) is 0 Å². The van der Waals surface area contributed by atoms with E-state index in [1.165, 1.54) is 13.8 Å². The number of benzene rings is 3. The van der Waals surface area contributed by atoms with E-state index in [2.05, 4.69) is 0 Å². The third kappa shape index (κ3) is 6.79. The van der Waals surface area contributed by atoms with Gasteiger partial charge in [0.15, 0.2) is 12.2 Å². The highest BCUT2D eigenvalue weighted by molar-refractivity contribution is 6.32. The van der Waals surface area contributed by atoms with Crippen LogP contribution in [-0.4, -0.2) is 30.8 Å². The van der Waals surface area contributed by atoms with Crippen molar-refractivity contribution in [1.29, 1.82) is 0 Å². The number of hydrogen-bond donors (Lipinski definition) is 0. The molecular formula is C25H22ClF3O6. The Bertz CT molecular complexity index is 1230. The minimum Gasteiger partial charge on any atom is -0.479 e. The van der Waals surface area contributed by atoms with E-state index in [4.69, 9.17) is 30.5 Å². The van der Waals surface area contributed by atoms with E-state index in [0.29, 0.717) is 16.9 Å². The number of fused-ring (bicyclic) bond motifs is 1. The Morgan fingerprint density at radius 1 is 0.886 bits per heavy atom. The van der Waals surface area contributed by atoms with E-state index in [-0.39, 0.29) is 17.4 Å². The van der Waals surface area contributed by atoms with Crippen LogP contribution < -0.4 is 9.47 Å². The maximum absolute atomic E-state index is 12.8. The third-order valence-electron chi connectivity index (χ3n) is 4.83. The highest BCUT2D eigenvalue weighted by Gasteiger charge is 2.31. The number of esters is 2. The molecule has 0 radical (unpaired) electrons. The van der Waals surface area contributed by atoms with Crippen LogP contribution in [0.5, 0.6) is 17.2 Å². The molecule has 0 aliphatic carbocycles. The first-order chi connectivity index (χ1) is 16.5. The molecule has 0 aliphatic heterocycles. The zero-order valence-electron chi connectivity index (χ0n) is 19.0. The van der Waals surface area contributed by atoms with Gasteiger partial charge in [-0.15, -0.1) is 0 Å². The fourth-order valence-electron chi connectivity index (χ4n) is 3.06. The standard InChI is InChI=1S/C25H22ClF3O6/c1-4-32-23(30)14(2)34-24(31)15(3)33-19-8-5-16-6-9-20(12-17(16)11-19)35-22-10-7-18(13-21(22)26)25(27,28)29/h5-15H,4H2,1-3H3/t14-,15?/m1/s1. The van der Waals surface area contributed by atoms with Crippen LogP contribution in [-0.2, 0) is 25.2 Å². The molecule has 2 atom stereocenters. The van der Waals surface area contributed by atoms with Gasteiger partial charge in [0.05, 0.1) is 17.2 Å². The van der Waals surface area contributed by atoms with Crippen LogP contribution in [0.1, 0.15) is 26.3 Å². The average Bonchev–Trinajstić information content (AvgIpc) is 2.79.